The van der Waals surface area contributed by atoms with E-state index in [0.29, 0.717) is 11.5 Å². The van der Waals surface area contributed by atoms with Gasteiger partial charge >= 0.3 is 17.1 Å². The Morgan fingerprint density at radius 1 is 1.08 bits per heavy atom. The van der Waals surface area contributed by atoms with Crippen LogP contribution in [0, 0.1) is 6.07 Å². The molecule has 0 amide bonds. The second kappa shape index (κ2) is 7.58. The molecular weight excluding hydrogens is 199 g/mol. The van der Waals surface area contributed by atoms with E-state index in [1.54, 1.807) is 14.2 Å². The van der Waals surface area contributed by atoms with Gasteiger partial charge in [-0.2, -0.15) is 6.07 Å². The minimum Gasteiger partial charge on any atom is -0.522 e. The summed E-state index contributed by atoms with van der Waals surface area (Å²) in [5, 5.41) is 0. The minimum absolute atomic E-state index is 0. The monoisotopic (exact) mass is 207 g/mol. The molecule has 1 aromatic carbocycles. The van der Waals surface area contributed by atoms with Gasteiger partial charge in [-0.15, -0.1) is 12.1 Å². The van der Waals surface area contributed by atoms with Gasteiger partial charge in [0, 0.05) is 30.4 Å². The van der Waals surface area contributed by atoms with Gasteiger partial charge in [0.15, 0.2) is 0 Å². The van der Waals surface area contributed by atoms with E-state index in [2.05, 4.69) is 6.07 Å². The molecule has 65 valence electrons. The molecule has 0 fully saturated rings. The Balaban J connectivity index is 0. The molecule has 0 saturated carbocycles. The molecule has 0 atom stereocenters. The fraction of sp³-hybridized carbons (Fsp3) is 0.250. The van der Waals surface area contributed by atoms with Crippen molar-refractivity contribution < 1.29 is 26.5 Å². The maximum Gasteiger partial charge on any atom is 1.00 e. The zero-order valence-electron chi connectivity index (χ0n) is 7.35. The summed E-state index contributed by atoms with van der Waals surface area (Å²) in [6.07, 6.45) is 0. The summed E-state index contributed by atoms with van der Waals surface area (Å²) in [7, 11) is 3.20. The molecular formula is C8H9CuLiO2. The van der Waals surface area contributed by atoms with Gasteiger partial charge in [-0.1, -0.05) is 6.07 Å². The Morgan fingerprint density at radius 2 is 1.50 bits per heavy atom. The van der Waals surface area contributed by atoms with Gasteiger partial charge in [0.25, 0.3) is 0 Å². The summed E-state index contributed by atoms with van der Waals surface area (Å²) < 4.78 is 9.84. The maximum atomic E-state index is 4.92. The van der Waals surface area contributed by atoms with E-state index in [1.165, 1.54) is 0 Å². The van der Waals surface area contributed by atoms with Gasteiger partial charge in [-0.3, -0.25) is 0 Å². The van der Waals surface area contributed by atoms with Crippen molar-refractivity contribution in [2.24, 2.45) is 0 Å². The SMILES string of the molecule is COc1[c-]c(OC)ccc1.[Cu+].[Li]. The fourth-order valence-corrected chi connectivity index (χ4v) is 0.666. The van der Waals surface area contributed by atoms with Crippen LogP contribution in [0.5, 0.6) is 11.5 Å². The number of hydrogen-bond acceptors (Lipinski definition) is 2. The molecule has 0 N–H and O–H groups in total. The Bertz CT molecular complexity index is 199. The first-order chi connectivity index (χ1) is 4.86. The summed E-state index contributed by atoms with van der Waals surface area (Å²) in [5.74, 6) is 1.39. The maximum absolute atomic E-state index is 4.92. The molecule has 4 heteroatoms. The first-order valence-corrected chi connectivity index (χ1v) is 2.97. The first kappa shape index (κ1) is 14.5. The number of ether oxygens (including phenoxy) is 2. The molecule has 1 aromatic rings. The normalized spacial score (nSPS) is 7.50. The van der Waals surface area contributed by atoms with Crippen molar-refractivity contribution in [3.8, 4) is 11.5 Å². The average molecular weight is 208 g/mol. The van der Waals surface area contributed by atoms with Gasteiger partial charge in [-0.05, 0) is 0 Å². The quantitative estimate of drug-likeness (QED) is 0.535. The van der Waals surface area contributed by atoms with Crippen LogP contribution in [0.2, 0.25) is 0 Å². The summed E-state index contributed by atoms with van der Waals surface area (Å²) in [6.45, 7) is 0. The molecule has 2 nitrogen and oxygen atoms in total. The van der Waals surface area contributed by atoms with E-state index in [9.17, 15) is 0 Å². The van der Waals surface area contributed by atoms with Gasteiger partial charge in [0.1, 0.15) is 0 Å². The second-order valence-electron chi connectivity index (χ2n) is 1.79. The Kier molecular flexibility index (Phi) is 9.13. The van der Waals surface area contributed by atoms with Crippen LogP contribution in [-0.4, -0.2) is 33.1 Å². The second-order valence-corrected chi connectivity index (χ2v) is 1.79. The number of methoxy groups -OCH3 is 2. The van der Waals surface area contributed by atoms with Crippen LogP contribution in [0.4, 0.5) is 0 Å². The summed E-state index contributed by atoms with van der Waals surface area (Å²) in [4.78, 5) is 0. The van der Waals surface area contributed by atoms with Crippen molar-refractivity contribution in [2.45, 2.75) is 0 Å². The van der Waals surface area contributed by atoms with Crippen molar-refractivity contribution >= 4 is 18.9 Å². The van der Waals surface area contributed by atoms with Crippen LogP contribution in [0.3, 0.4) is 0 Å². The van der Waals surface area contributed by atoms with Crippen LogP contribution in [-0.2, 0) is 17.1 Å². The number of benzene rings is 1. The molecule has 0 unspecified atom stereocenters. The van der Waals surface area contributed by atoms with E-state index in [4.69, 9.17) is 9.47 Å². The van der Waals surface area contributed by atoms with Gasteiger partial charge in [0.05, 0.1) is 14.2 Å². The molecule has 1 rings (SSSR count). The molecule has 12 heavy (non-hydrogen) atoms. The smallest absolute Gasteiger partial charge is 0.522 e. The zero-order valence-corrected chi connectivity index (χ0v) is 8.29. The van der Waals surface area contributed by atoms with Crippen LogP contribution in [0.1, 0.15) is 0 Å². The molecule has 0 saturated heterocycles. The molecule has 0 aromatic heterocycles. The Hall–Kier alpha value is -0.0631. The largest absolute Gasteiger partial charge is 1.00 e. The molecule has 0 bridgehead atoms. The van der Waals surface area contributed by atoms with Crippen molar-refractivity contribution in [3.05, 3.63) is 24.3 Å². The zero-order chi connectivity index (χ0) is 7.40. The van der Waals surface area contributed by atoms with Crippen molar-refractivity contribution in [1.29, 1.82) is 0 Å². The standard InChI is InChI=1S/C8H9O2.Cu.Li/c1-9-7-4-3-5-8(6-7)10-2;;/h3-5H,1-2H3;;/q-1;+1;. The third-order valence-electron chi connectivity index (χ3n) is 1.18. The van der Waals surface area contributed by atoms with Crippen LogP contribution in [0.25, 0.3) is 0 Å². The fourth-order valence-electron chi connectivity index (χ4n) is 0.666. The third kappa shape index (κ3) is 4.09. The first-order valence-electron chi connectivity index (χ1n) is 2.97. The van der Waals surface area contributed by atoms with E-state index in [-0.39, 0.29) is 35.9 Å². The summed E-state index contributed by atoms with van der Waals surface area (Å²) in [5.41, 5.74) is 0. The van der Waals surface area contributed by atoms with Crippen molar-refractivity contribution in [2.75, 3.05) is 14.2 Å². The molecule has 0 spiro atoms. The number of rotatable bonds is 2. The van der Waals surface area contributed by atoms with Crippen LogP contribution >= 0.6 is 0 Å². The summed E-state index contributed by atoms with van der Waals surface area (Å²) >= 11 is 0. The van der Waals surface area contributed by atoms with Gasteiger partial charge in [0.2, 0.25) is 0 Å². The van der Waals surface area contributed by atoms with Gasteiger partial charge < -0.3 is 9.47 Å². The molecule has 1 radical (unpaired) electrons. The van der Waals surface area contributed by atoms with Crippen molar-refractivity contribution in [1.82, 2.24) is 0 Å². The van der Waals surface area contributed by atoms with Gasteiger partial charge in [-0.25, -0.2) is 0 Å². The van der Waals surface area contributed by atoms with Crippen LogP contribution in [0.15, 0.2) is 18.2 Å². The van der Waals surface area contributed by atoms with E-state index in [1.807, 2.05) is 18.2 Å². The predicted molar refractivity (Wildman–Crippen MR) is 44.1 cm³/mol. The Labute approximate surface area is 95.3 Å². The third-order valence-corrected chi connectivity index (χ3v) is 1.18. The average Bonchev–Trinajstić information content (AvgIpc) is 2.05. The van der Waals surface area contributed by atoms with E-state index < -0.39 is 0 Å². The Morgan fingerprint density at radius 3 is 1.83 bits per heavy atom. The topological polar surface area (TPSA) is 18.5 Å². The molecule has 0 aliphatic heterocycles. The van der Waals surface area contributed by atoms with E-state index >= 15 is 0 Å². The predicted octanol–water partition coefficient (Wildman–Crippen LogP) is 1.12. The minimum atomic E-state index is 0. The molecule has 0 aliphatic carbocycles. The van der Waals surface area contributed by atoms with Crippen LogP contribution < -0.4 is 9.47 Å². The van der Waals surface area contributed by atoms with E-state index in [0.717, 1.165) is 0 Å². The summed E-state index contributed by atoms with van der Waals surface area (Å²) in [6, 6.07) is 8.40. The molecule has 0 heterocycles. The molecule has 0 aliphatic rings. The van der Waals surface area contributed by atoms with Crippen molar-refractivity contribution in [3.63, 3.8) is 0 Å². The number of hydrogen-bond donors (Lipinski definition) is 0.